The van der Waals surface area contributed by atoms with Gasteiger partial charge in [-0.1, -0.05) is 0 Å². The van der Waals surface area contributed by atoms with Crippen LogP contribution in [-0.4, -0.2) is 23.6 Å². The van der Waals surface area contributed by atoms with Crippen LogP contribution in [0.2, 0.25) is 0 Å². The first-order valence-electron chi connectivity index (χ1n) is 5.89. The monoisotopic (exact) mass is 314 g/mol. The van der Waals surface area contributed by atoms with Crippen molar-refractivity contribution in [2.45, 2.75) is 0 Å². The second kappa shape index (κ2) is 5.88. The molecule has 0 atom stereocenters. The molecule has 6 nitrogen and oxygen atoms in total. The fraction of sp³-hybridized carbons (Fsp3) is 0. The third-order valence-corrected chi connectivity index (χ3v) is 3.59. The van der Waals surface area contributed by atoms with Gasteiger partial charge >= 0.3 is 59.1 Å². The predicted octanol–water partition coefficient (Wildman–Crippen LogP) is -5.16. The fourth-order valence-electron chi connectivity index (χ4n) is 2.73. The minimum absolute atomic E-state index is 0. The van der Waals surface area contributed by atoms with E-state index < -0.39 is 23.6 Å². The number of carbonyl (C=O) groups excluding carboxylic acids is 4. The van der Waals surface area contributed by atoms with Crippen molar-refractivity contribution in [1.29, 1.82) is 0 Å². The molecule has 0 fully saturated rings. The maximum atomic E-state index is 11.9. The van der Waals surface area contributed by atoms with Crippen molar-refractivity contribution in [3.63, 3.8) is 0 Å². The van der Waals surface area contributed by atoms with Gasteiger partial charge in [-0.3, -0.25) is 29.8 Å². The van der Waals surface area contributed by atoms with Crippen LogP contribution in [0.25, 0.3) is 10.8 Å². The fourth-order valence-corrected chi connectivity index (χ4v) is 2.73. The predicted molar refractivity (Wildman–Crippen MR) is 69.8 cm³/mol. The molecule has 22 heavy (non-hydrogen) atoms. The Hall–Kier alpha value is -1.02. The molecule has 4 amide bonds. The summed E-state index contributed by atoms with van der Waals surface area (Å²) >= 11 is 0. The SMILES string of the molecule is O=C1NC(=O)c2ccc3c4c(ccc1c24)C(=O)NC3=O.[H-].[H-].[Na+].[Na+]. The van der Waals surface area contributed by atoms with E-state index in [9.17, 15) is 19.2 Å². The molecule has 2 heterocycles. The molecule has 4 rings (SSSR count). The van der Waals surface area contributed by atoms with Crippen LogP contribution in [0.5, 0.6) is 0 Å². The molecule has 2 N–H and O–H groups in total. The van der Waals surface area contributed by atoms with Crippen LogP contribution < -0.4 is 69.7 Å². The van der Waals surface area contributed by atoms with Crippen LogP contribution in [0.4, 0.5) is 0 Å². The van der Waals surface area contributed by atoms with Crippen LogP contribution >= 0.6 is 0 Å². The second-order valence-corrected chi connectivity index (χ2v) is 4.64. The van der Waals surface area contributed by atoms with Gasteiger partial charge in [0.2, 0.25) is 0 Å². The quantitative estimate of drug-likeness (QED) is 0.376. The molecule has 0 aromatic heterocycles. The van der Waals surface area contributed by atoms with Gasteiger partial charge < -0.3 is 2.85 Å². The molecule has 0 saturated heterocycles. The molecule has 0 radical (unpaired) electrons. The van der Waals surface area contributed by atoms with E-state index in [0.717, 1.165) is 0 Å². The van der Waals surface area contributed by atoms with Crippen molar-refractivity contribution in [1.82, 2.24) is 10.6 Å². The van der Waals surface area contributed by atoms with Crippen molar-refractivity contribution < 1.29 is 81.1 Å². The molecule has 0 aliphatic carbocycles. The van der Waals surface area contributed by atoms with E-state index in [2.05, 4.69) is 10.6 Å². The van der Waals surface area contributed by atoms with Crippen molar-refractivity contribution in [2.24, 2.45) is 0 Å². The third kappa shape index (κ3) is 2.19. The Morgan fingerprint density at radius 3 is 1.00 bits per heavy atom. The number of carbonyl (C=O) groups is 4. The summed E-state index contributed by atoms with van der Waals surface area (Å²) in [7, 11) is 0. The Bertz CT molecular complexity index is 763. The number of nitrogens with one attached hydrogen (secondary N) is 2. The Kier molecular flexibility index (Phi) is 4.64. The summed E-state index contributed by atoms with van der Waals surface area (Å²) in [6.45, 7) is 0. The van der Waals surface area contributed by atoms with Gasteiger partial charge in [0, 0.05) is 33.0 Å². The van der Waals surface area contributed by atoms with Crippen molar-refractivity contribution >= 4 is 34.4 Å². The molecule has 0 saturated carbocycles. The second-order valence-electron chi connectivity index (χ2n) is 4.64. The van der Waals surface area contributed by atoms with E-state index in [1.54, 1.807) is 0 Å². The molecular formula is C14H8N2Na2O4. The van der Waals surface area contributed by atoms with Crippen LogP contribution in [0.3, 0.4) is 0 Å². The molecule has 0 unspecified atom stereocenters. The van der Waals surface area contributed by atoms with E-state index in [1.807, 2.05) is 0 Å². The minimum atomic E-state index is -0.523. The topological polar surface area (TPSA) is 92.3 Å². The molecule has 100 valence electrons. The average Bonchev–Trinajstić information content (AvgIpc) is 2.42. The van der Waals surface area contributed by atoms with Gasteiger partial charge in [0.05, 0.1) is 0 Å². The van der Waals surface area contributed by atoms with Crippen LogP contribution in [0, 0.1) is 0 Å². The van der Waals surface area contributed by atoms with E-state index in [4.69, 9.17) is 0 Å². The van der Waals surface area contributed by atoms with E-state index in [-0.39, 0.29) is 62.0 Å². The molecule has 2 aliphatic rings. The summed E-state index contributed by atoms with van der Waals surface area (Å²) in [6.07, 6.45) is 0. The standard InChI is InChI=1S/C14H6N2O4.2Na.2H/c17-11-5-1-2-6-10-8(14(20)16-12(6)18)4-3-7(9(5)10)13(19)15-11;;;;/h1-4H,(H,15,17,19)(H,16,18,20);;;;/q;2*+1;2*-1. The Labute approximate surface area is 171 Å². The number of amides is 4. The number of imide groups is 2. The summed E-state index contributed by atoms with van der Waals surface area (Å²) in [5, 5.41) is 5.20. The van der Waals surface area contributed by atoms with Crippen LogP contribution in [0.15, 0.2) is 24.3 Å². The molecule has 2 aromatic rings. The van der Waals surface area contributed by atoms with Gasteiger partial charge in [-0.05, 0) is 24.3 Å². The van der Waals surface area contributed by atoms with Gasteiger partial charge in [0.25, 0.3) is 23.6 Å². The number of rotatable bonds is 0. The van der Waals surface area contributed by atoms with E-state index >= 15 is 0 Å². The maximum Gasteiger partial charge on any atom is 1.00 e. The minimum Gasteiger partial charge on any atom is -1.00 e. The molecule has 2 aromatic carbocycles. The summed E-state index contributed by atoms with van der Waals surface area (Å²) in [5.41, 5.74) is 1.18. The van der Waals surface area contributed by atoms with Gasteiger partial charge in [0.1, 0.15) is 0 Å². The van der Waals surface area contributed by atoms with E-state index in [0.29, 0.717) is 33.0 Å². The van der Waals surface area contributed by atoms with Gasteiger partial charge in [-0.25, -0.2) is 0 Å². The normalized spacial score (nSPS) is 14.7. The largest absolute Gasteiger partial charge is 1.00 e. The molecule has 0 bridgehead atoms. The number of hydrogen-bond donors (Lipinski definition) is 2. The Morgan fingerprint density at radius 1 is 0.545 bits per heavy atom. The molecule has 2 aliphatic heterocycles. The van der Waals surface area contributed by atoms with Crippen molar-refractivity contribution in [2.75, 3.05) is 0 Å². The van der Waals surface area contributed by atoms with Crippen LogP contribution in [0.1, 0.15) is 44.3 Å². The first-order chi connectivity index (χ1) is 9.58. The smallest absolute Gasteiger partial charge is 1.00 e. The Morgan fingerprint density at radius 2 is 0.773 bits per heavy atom. The maximum absolute atomic E-state index is 11.9. The zero-order valence-electron chi connectivity index (χ0n) is 13.9. The molecular weight excluding hydrogens is 306 g/mol. The number of benzene rings is 2. The van der Waals surface area contributed by atoms with Gasteiger partial charge in [-0.15, -0.1) is 0 Å². The molecule has 0 spiro atoms. The zero-order valence-corrected chi connectivity index (χ0v) is 15.9. The van der Waals surface area contributed by atoms with Gasteiger partial charge in [0.15, 0.2) is 0 Å². The van der Waals surface area contributed by atoms with Crippen LogP contribution in [-0.2, 0) is 0 Å². The summed E-state index contributed by atoms with van der Waals surface area (Å²) in [5.74, 6) is -2.09. The van der Waals surface area contributed by atoms with E-state index in [1.165, 1.54) is 24.3 Å². The van der Waals surface area contributed by atoms with Crippen molar-refractivity contribution in [3.8, 4) is 0 Å². The third-order valence-electron chi connectivity index (χ3n) is 3.59. The Balaban J connectivity index is 0.00000132. The van der Waals surface area contributed by atoms with Gasteiger partial charge in [-0.2, -0.15) is 0 Å². The zero-order chi connectivity index (χ0) is 14.0. The summed E-state index contributed by atoms with van der Waals surface area (Å²) in [6, 6.07) is 5.95. The summed E-state index contributed by atoms with van der Waals surface area (Å²) < 4.78 is 0. The number of hydrogen-bond acceptors (Lipinski definition) is 4. The first kappa shape index (κ1) is 17.3. The van der Waals surface area contributed by atoms with Crippen molar-refractivity contribution in [3.05, 3.63) is 46.5 Å². The first-order valence-corrected chi connectivity index (χ1v) is 5.89. The molecule has 8 heteroatoms. The summed E-state index contributed by atoms with van der Waals surface area (Å²) in [4.78, 5) is 47.4. The average molecular weight is 314 g/mol.